The number of carbonyl (C=O) groups is 1. The van der Waals surface area contributed by atoms with E-state index in [0.29, 0.717) is 11.3 Å². The van der Waals surface area contributed by atoms with E-state index in [0.717, 1.165) is 17.0 Å². The lowest BCUT2D eigenvalue weighted by Crippen LogP contribution is -2.35. The fourth-order valence-corrected chi connectivity index (χ4v) is 2.22. The van der Waals surface area contributed by atoms with Gasteiger partial charge >= 0.3 is 6.18 Å². The molecule has 7 nitrogen and oxygen atoms in total. The highest BCUT2D eigenvalue weighted by atomic mass is 19.4. The summed E-state index contributed by atoms with van der Waals surface area (Å²) < 4.78 is 38.6. The maximum Gasteiger partial charge on any atom is 0.416 e. The van der Waals surface area contributed by atoms with E-state index in [-0.39, 0.29) is 11.0 Å². The maximum atomic E-state index is 12.9. The second-order valence-corrected chi connectivity index (χ2v) is 5.59. The lowest BCUT2D eigenvalue weighted by molar-refractivity contribution is -0.137. The molecule has 0 spiro atoms. The Bertz CT molecular complexity index is 1020. The topological polar surface area (TPSA) is 92.8 Å². The van der Waals surface area contributed by atoms with Gasteiger partial charge in [0.1, 0.15) is 11.0 Å². The summed E-state index contributed by atoms with van der Waals surface area (Å²) >= 11 is 0. The van der Waals surface area contributed by atoms with Crippen LogP contribution >= 0.6 is 0 Å². The van der Waals surface area contributed by atoms with Crippen molar-refractivity contribution in [3.8, 4) is 6.07 Å². The highest BCUT2D eigenvalue weighted by molar-refractivity contribution is 5.94. The van der Waals surface area contributed by atoms with Gasteiger partial charge in [-0.2, -0.15) is 18.4 Å². The smallest absolute Gasteiger partial charge is 0.382 e. The van der Waals surface area contributed by atoms with Crippen LogP contribution in [0.15, 0.2) is 42.5 Å². The largest absolute Gasteiger partial charge is 0.416 e. The van der Waals surface area contributed by atoms with Crippen LogP contribution in [0.5, 0.6) is 0 Å². The molecule has 1 heterocycles. The molecule has 0 aliphatic heterocycles. The third kappa shape index (κ3) is 3.98. The molecule has 0 aliphatic carbocycles. The van der Waals surface area contributed by atoms with Gasteiger partial charge < -0.3 is 10.2 Å². The monoisotopic (exact) mass is 375 g/mol. The number of halogens is 3. The lowest BCUT2D eigenvalue weighted by atomic mass is 10.2. The van der Waals surface area contributed by atoms with Gasteiger partial charge in [0, 0.05) is 5.69 Å². The molecular weight excluding hydrogens is 363 g/mol. The van der Waals surface area contributed by atoms with Crippen LogP contribution in [0.25, 0.3) is 11.0 Å². The van der Waals surface area contributed by atoms with Crippen LogP contribution in [0.1, 0.15) is 18.1 Å². The molecule has 10 heteroatoms. The Morgan fingerprint density at radius 1 is 1.26 bits per heavy atom. The number of anilines is 1. The van der Waals surface area contributed by atoms with E-state index in [4.69, 9.17) is 10.1 Å². The van der Waals surface area contributed by atoms with Crippen LogP contribution in [0.2, 0.25) is 0 Å². The summed E-state index contributed by atoms with van der Waals surface area (Å²) in [4.78, 5) is 18.3. The van der Waals surface area contributed by atoms with Crippen LogP contribution in [-0.4, -0.2) is 27.2 Å². The predicted molar refractivity (Wildman–Crippen MR) is 88.4 cm³/mol. The number of alkyl halides is 3. The normalized spacial score (nSPS) is 12.4. The van der Waals surface area contributed by atoms with Gasteiger partial charge in [-0.1, -0.05) is 4.85 Å². The summed E-state index contributed by atoms with van der Waals surface area (Å²) in [5.74, 6) is -0.546. The second-order valence-electron chi connectivity index (χ2n) is 5.59. The number of fused-ring (bicyclic) bond motifs is 1. The molecule has 1 aromatic heterocycles. The Labute approximate surface area is 150 Å². The molecule has 27 heavy (non-hydrogen) atoms. The van der Waals surface area contributed by atoms with Crippen molar-refractivity contribution in [2.75, 3.05) is 5.32 Å². The molecule has 0 fully saturated rings. The molecule has 0 saturated carbocycles. The maximum absolute atomic E-state index is 12.9. The van der Waals surface area contributed by atoms with Crippen molar-refractivity contribution in [2.45, 2.75) is 19.2 Å². The number of carbonyl (C=O) groups excluding carboxylic acids is 1. The molecule has 0 aliphatic rings. The number of nitrogens with zero attached hydrogens (tertiary/aromatic N) is 4. The van der Waals surface area contributed by atoms with Gasteiger partial charge in [0.2, 0.25) is 6.10 Å². The first-order chi connectivity index (χ1) is 12.8. The summed E-state index contributed by atoms with van der Waals surface area (Å²) in [6.07, 6.45) is -5.60. The molecule has 2 aromatic carbocycles. The molecule has 0 bridgehead atoms. The number of amides is 1. The van der Waals surface area contributed by atoms with E-state index in [9.17, 15) is 18.0 Å². The number of aromatic nitrogens is 3. The van der Waals surface area contributed by atoms with Crippen LogP contribution in [0.3, 0.4) is 0 Å². The number of benzene rings is 2. The van der Waals surface area contributed by atoms with Crippen molar-refractivity contribution in [3.63, 3.8) is 0 Å². The summed E-state index contributed by atoms with van der Waals surface area (Å²) in [6, 6.07) is 11.0. The lowest BCUT2D eigenvalue weighted by Gasteiger charge is -2.14. The Kier molecular flexibility index (Phi) is 4.68. The standard InChI is InChI=1S/C17H12F3N5O2/c1-10(16(26)22-13-5-2-11(9-21)3-6-13)27-25-15-8-12(17(18,19)20)4-7-14(15)23-24-25/h2-8,10H,1H3,(H,22,26). The summed E-state index contributed by atoms with van der Waals surface area (Å²) in [6.45, 7) is 1.42. The van der Waals surface area contributed by atoms with Crippen LogP contribution in [-0.2, 0) is 11.0 Å². The number of nitrogens with one attached hydrogen (secondary N) is 1. The first-order valence-electron chi connectivity index (χ1n) is 7.69. The van der Waals surface area contributed by atoms with Crippen molar-refractivity contribution in [3.05, 3.63) is 53.6 Å². The Hall–Kier alpha value is -3.61. The molecule has 0 radical (unpaired) electrons. The molecular formula is C17H12F3N5O2. The van der Waals surface area contributed by atoms with Crippen molar-refractivity contribution in [1.29, 1.82) is 5.26 Å². The average molecular weight is 375 g/mol. The summed E-state index contributed by atoms with van der Waals surface area (Å²) in [5, 5.41) is 18.7. The van der Waals surface area contributed by atoms with E-state index >= 15 is 0 Å². The van der Waals surface area contributed by atoms with Crippen molar-refractivity contribution in [2.24, 2.45) is 0 Å². The van der Waals surface area contributed by atoms with Gasteiger partial charge in [0.05, 0.1) is 17.2 Å². The molecule has 0 saturated heterocycles. The second kappa shape index (κ2) is 6.95. The predicted octanol–water partition coefficient (Wildman–Crippen LogP) is 2.78. The molecule has 1 N–H and O–H groups in total. The van der Waals surface area contributed by atoms with E-state index < -0.39 is 23.8 Å². The Balaban J connectivity index is 1.75. The van der Waals surface area contributed by atoms with Crippen LogP contribution < -0.4 is 10.2 Å². The average Bonchev–Trinajstić information content (AvgIpc) is 3.03. The van der Waals surface area contributed by atoms with E-state index in [1.807, 2.05) is 6.07 Å². The van der Waals surface area contributed by atoms with Crippen molar-refractivity contribution < 1.29 is 22.8 Å². The third-order valence-electron chi connectivity index (χ3n) is 3.65. The summed E-state index contributed by atoms with van der Waals surface area (Å²) in [5.41, 5.74) is 0.187. The van der Waals surface area contributed by atoms with E-state index in [2.05, 4.69) is 15.6 Å². The SMILES string of the molecule is CC(On1nnc2ccc(C(F)(F)F)cc21)C(=O)Nc1ccc(C#N)cc1. The Morgan fingerprint density at radius 2 is 1.96 bits per heavy atom. The number of hydrogen-bond donors (Lipinski definition) is 1. The quantitative estimate of drug-likeness (QED) is 0.757. The molecule has 3 rings (SSSR count). The fourth-order valence-electron chi connectivity index (χ4n) is 2.22. The zero-order valence-corrected chi connectivity index (χ0v) is 13.9. The highest BCUT2D eigenvalue weighted by Gasteiger charge is 2.31. The van der Waals surface area contributed by atoms with Gasteiger partial charge in [-0.25, -0.2) is 0 Å². The highest BCUT2D eigenvalue weighted by Crippen LogP contribution is 2.30. The number of hydrogen-bond acceptors (Lipinski definition) is 5. The first kappa shape index (κ1) is 18.2. The number of rotatable bonds is 4. The minimum absolute atomic E-state index is 0.0113. The van der Waals surface area contributed by atoms with Crippen LogP contribution in [0.4, 0.5) is 18.9 Å². The minimum atomic E-state index is -4.53. The zero-order valence-electron chi connectivity index (χ0n) is 13.9. The molecule has 1 unspecified atom stereocenters. The van der Waals surface area contributed by atoms with Crippen LogP contribution in [0, 0.1) is 11.3 Å². The zero-order chi connectivity index (χ0) is 19.6. The molecule has 1 amide bonds. The van der Waals surface area contributed by atoms with Crippen molar-refractivity contribution >= 4 is 22.6 Å². The number of nitriles is 1. The van der Waals surface area contributed by atoms with E-state index in [1.165, 1.54) is 25.1 Å². The fraction of sp³-hybridized carbons (Fsp3) is 0.176. The summed E-state index contributed by atoms with van der Waals surface area (Å²) in [7, 11) is 0. The Morgan fingerprint density at radius 3 is 2.59 bits per heavy atom. The van der Waals surface area contributed by atoms with E-state index in [1.54, 1.807) is 12.1 Å². The van der Waals surface area contributed by atoms with Gasteiger partial charge in [-0.05, 0) is 54.6 Å². The van der Waals surface area contributed by atoms with Crippen molar-refractivity contribution in [1.82, 2.24) is 15.2 Å². The minimum Gasteiger partial charge on any atom is -0.382 e. The first-order valence-corrected chi connectivity index (χ1v) is 7.69. The van der Waals surface area contributed by atoms with Gasteiger partial charge in [-0.15, -0.1) is 5.10 Å². The van der Waals surface area contributed by atoms with Gasteiger partial charge in [0.25, 0.3) is 5.91 Å². The molecule has 1 atom stereocenters. The third-order valence-corrected chi connectivity index (χ3v) is 3.65. The van der Waals surface area contributed by atoms with Gasteiger partial charge in [-0.3, -0.25) is 4.79 Å². The molecule has 138 valence electrons. The molecule has 3 aromatic rings. The van der Waals surface area contributed by atoms with Gasteiger partial charge in [0.15, 0.2) is 0 Å².